The third kappa shape index (κ3) is 9.09. The second-order valence-electron chi connectivity index (χ2n) is 11.2. The van der Waals surface area contributed by atoms with Crippen LogP contribution >= 0.6 is 0 Å². The van der Waals surface area contributed by atoms with Gasteiger partial charge in [0.15, 0.2) is 21.3 Å². The lowest BCUT2D eigenvalue weighted by molar-refractivity contribution is -0.0437. The molecule has 10 heteroatoms. The molecule has 9 nitrogen and oxygen atoms in total. The molecule has 3 rings (SSSR count). The fourth-order valence-corrected chi connectivity index (χ4v) is 5.85. The Labute approximate surface area is 251 Å². The maximum Gasteiger partial charge on any atom is 0.341 e. The molecule has 0 aromatic heterocycles. The number of benzene rings is 2. The van der Waals surface area contributed by atoms with Crippen LogP contribution in [0, 0.1) is 20.8 Å². The molecule has 1 aliphatic heterocycles. The fourth-order valence-electron chi connectivity index (χ4n) is 5.00. The largest absolute Gasteiger partial charge is 0.490 e. The molecular formula is C32H48N2O7S. The summed E-state index contributed by atoms with van der Waals surface area (Å²) < 4.78 is 44.3. The number of nitrogens with one attached hydrogen (secondary N) is 1. The van der Waals surface area contributed by atoms with Crippen LogP contribution in [0.15, 0.2) is 29.2 Å². The van der Waals surface area contributed by atoms with Crippen molar-refractivity contribution in [1.29, 1.82) is 0 Å². The van der Waals surface area contributed by atoms with E-state index >= 15 is 0 Å². The highest BCUT2D eigenvalue weighted by Crippen LogP contribution is 2.45. The van der Waals surface area contributed by atoms with Gasteiger partial charge in [0.2, 0.25) is 0 Å². The first-order valence-electron chi connectivity index (χ1n) is 15.1. The summed E-state index contributed by atoms with van der Waals surface area (Å²) in [5.41, 5.74) is 5.63. The molecule has 1 heterocycles. The first-order valence-corrected chi connectivity index (χ1v) is 17.0. The zero-order valence-electron chi connectivity index (χ0n) is 26.0. The van der Waals surface area contributed by atoms with Gasteiger partial charge < -0.3 is 19.5 Å². The van der Waals surface area contributed by atoms with Crippen LogP contribution < -0.4 is 14.8 Å². The molecule has 2 atom stereocenters. The van der Waals surface area contributed by atoms with Crippen molar-refractivity contribution in [2.75, 3.05) is 32.6 Å². The van der Waals surface area contributed by atoms with E-state index in [2.05, 4.69) is 38.2 Å². The van der Waals surface area contributed by atoms with Crippen molar-refractivity contribution >= 4 is 15.9 Å². The third-order valence-corrected chi connectivity index (χ3v) is 8.77. The van der Waals surface area contributed by atoms with E-state index in [0.29, 0.717) is 56.4 Å². The van der Waals surface area contributed by atoms with E-state index in [1.807, 2.05) is 19.9 Å². The number of hydrogen-bond acceptors (Lipinski definition) is 7. The van der Waals surface area contributed by atoms with Gasteiger partial charge in [-0.25, -0.2) is 18.3 Å². The summed E-state index contributed by atoms with van der Waals surface area (Å²) in [7, 11) is -3.62. The molecule has 1 saturated heterocycles. The Morgan fingerprint density at radius 3 is 2.19 bits per heavy atom. The van der Waals surface area contributed by atoms with E-state index in [1.54, 1.807) is 6.07 Å². The molecule has 2 aromatic rings. The molecular weight excluding hydrogens is 556 g/mol. The Morgan fingerprint density at radius 1 is 0.952 bits per heavy atom. The second kappa shape index (κ2) is 15.6. The Bertz CT molecular complexity index is 1290. The standard InChI is InChI=1S/C32H48N2O7S/c1-7-9-15-34(36)32(35)33-14-10-11-17-39-29-20-26(21-30(42(6,37)38)31(29)40-16-8-2)28-13-12-27(41-28)25-18-22(3)24(5)23(4)19-25/h18-21,27-28,36H,7-17H2,1-6H3,(H,33,35)/t27-,28+/m1/s1. The van der Waals surface area contributed by atoms with E-state index in [4.69, 9.17) is 14.2 Å². The predicted octanol–water partition coefficient (Wildman–Crippen LogP) is 6.76. The molecule has 0 bridgehead atoms. The lowest BCUT2D eigenvalue weighted by atomic mass is 9.96. The van der Waals surface area contributed by atoms with Gasteiger partial charge in [-0.3, -0.25) is 5.21 Å². The Morgan fingerprint density at radius 2 is 1.60 bits per heavy atom. The highest BCUT2D eigenvalue weighted by Gasteiger charge is 2.31. The van der Waals surface area contributed by atoms with Gasteiger partial charge in [0.05, 0.1) is 32.0 Å². The molecule has 42 heavy (non-hydrogen) atoms. The highest BCUT2D eigenvalue weighted by molar-refractivity contribution is 7.90. The number of hydroxylamine groups is 2. The lowest BCUT2D eigenvalue weighted by Crippen LogP contribution is -2.38. The van der Waals surface area contributed by atoms with E-state index in [-0.39, 0.29) is 22.9 Å². The molecule has 0 unspecified atom stereocenters. The van der Waals surface area contributed by atoms with Gasteiger partial charge in [-0.2, -0.15) is 0 Å². The minimum Gasteiger partial charge on any atom is -0.490 e. The SMILES string of the molecule is CCCCN(O)C(=O)NCCCCOc1cc([C@@H]2CC[C@H](c3cc(C)c(C)c(C)c3)O2)cc(S(C)(=O)=O)c1OCCC. The molecule has 0 spiro atoms. The van der Waals surface area contributed by atoms with Crippen molar-refractivity contribution in [2.24, 2.45) is 0 Å². The Balaban J connectivity index is 1.74. The number of ether oxygens (including phenoxy) is 3. The summed E-state index contributed by atoms with van der Waals surface area (Å²) in [5, 5.41) is 13.1. The normalized spacial score (nSPS) is 16.8. The first-order chi connectivity index (χ1) is 20.0. The maximum atomic E-state index is 12.9. The fraction of sp³-hybridized carbons (Fsp3) is 0.594. The molecule has 2 aromatic carbocycles. The zero-order chi connectivity index (χ0) is 30.9. The van der Waals surface area contributed by atoms with Crippen LogP contribution in [0.5, 0.6) is 11.5 Å². The van der Waals surface area contributed by atoms with Gasteiger partial charge in [-0.05, 0) is 99.2 Å². The van der Waals surface area contributed by atoms with Gasteiger partial charge >= 0.3 is 6.03 Å². The number of urea groups is 1. The van der Waals surface area contributed by atoms with Gasteiger partial charge in [-0.15, -0.1) is 0 Å². The van der Waals surface area contributed by atoms with Crippen LogP contribution in [-0.2, 0) is 14.6 Å². The van der Waals surface area contributed by atoms with Gasteiger partial charge in [0.25, 0.3) is 0 Å². The summed E-state index contributed by atoms with van der Waals surface area (Å²) in [5.74, 6) is 0.600. The maximum absolute atomic E-state index is 12.9. The van der Waals surface area contributed by atoms with E-state index in [9.17, 15) is 18.4 Å². The summed E-state index contributed by atoms with van der Waals surface area (Å²) in [6.45, 7) is 11.6. The number of carbonyl (C=O) groups excluding carboxylic acids is 1. The quantitative estimate of drug-likeness (QED) is 0.131. The Hall–Kier alpha value is -2.82. The zero-order valence-corrected chi connectivity index (χ0v) is 26.8. The summed E-state index contributed by atoms with van der Waals surface area (Å²) >= 11 is 0. The van der Waals surface area contributed by atoms with Gasteiger partial charge in [0.1, 0.15) is 4.90 Å². The smallest absolute Gasteiger partial charge is 0.341 e. The molecule has 0 aliphatic carbocycles. The number of sulfone groups is 1. The number of amides is 2. The van der Waals surface area contributed by atoms with Crippen molar-refractivity contribution in [1.82, 2.24) is 10.4 Å². The van der Waals surface area contributed by atoms with Gasteiger partial charge in [-0.1, -0.05) is 32.4 Å². The van der Waals surface area contributed by atoms with Crippen molar-refractivity contribution in [2.45, 2.75) is 96.7 Å². The van der Waals surface area contributed by atoms with Crippen molar-refractivity contribution in [3.63, 3.8) is 0 Å². The first kappa shape index (κ1) is 33.7. The highest BCUT2D eigenvalue weighted by atomic mass is 32.2. The number of carbonyl (C=O) groups is 1. The Kier molecular flexibility index (Phi) is 12.5. The number of rotatable bonds is 15. The van der Waals surface area contributed by atoms with Crippen LogP contribution in [-0.4, -0.2) is 57.3 Å². The molecule has 1 fully saturated rings. The lowest BCUT2D eigenvalue weighted by Gasteiger charge is -2.21. The minimum atomic E-state index is -3.62. The number of hydrogen-bond donors (Lipinski definition) is 2. The average molecular weight is 605 g/mol. The molecule has 0 radical (unpaired) electrons. The molecule has 0 saturated carbocycles. The number of nitrogens with zero attached hydrogens (tertiary/aromatic N) is 1. The topological polar surface area (TPSA) is 114 Å². The van der Waals surface area contributed by atoms with Crippen LogP contribution in [0.25, 0.3) is 0 Å². The van der Waals surface area contributed by atoms with Crippen LogP contribution in [0.4, 0.5) is 4.79 Å². The third-order valence-electron chi connectivity index (χ3n) is 7.67. The predicted molar refractivity (Wildman–Crippen MR) is 163 cm³/mol. The van der Waals surface area contributed by atoms with Gasteiger partial charge in [0, 0.05) is 12.8 Å². The summed E-state index contributed by atoms with van der Waals surface area (Å²) in [4.78, 5) is 12.1. The molecule has 1 aliphatic rings. The second-order valence-corrected chi connectivity index (χ2v) is 13.2. The molecule has 234 valence electrons. The van der Waals surface area contributed by atoms with Crippen LogP contribution in [0.3, 0.4) is 0 Å². The van der Waals surface area contributed by atoms with E-state index in [0.717, 1.165) is 36.8 Å². The van der Waals surface area contributed by atoms with Crippen LogP contribution in [0.1, 0.15) is 98.8 Å². The summed E-state index contributed by atoms with van der Waals surface area (Å²) in [6, 6.07) is 7.35. The number of unbranched alkanes of at least 4 members (excludes halogenated alkanes) is 2. The summed E-state index contributed by atoms with van der Waals surface area (Å²) in [6.07, 6.45) is 5.99. The van der Waals surface area contributed by atoms with Crippen LogP contribution in [0.2, 0.25) is 0 Å². The van der Waals surface area contributed by atoms with Crippen molar-refractivity contribution in [3.8, 4) is 11.5 Å². The number of aryl methyl sites for hydroxylation is 2. The average Bonchev–Trinajstić information content (AvgIpc) is 3.44. The van der Waals surface area contributed by atoms with Crippen molar-refractivity contribution in [3.05, 3.63) is 52.1 Å². The monoisotopic (exact) mass is 604 g/mol. The molecule has 2 N–H and O–H groups in total. The van der Waals surface area contributed by atoms with E-state index < -0.39 is 15.9 Å². The van der Waals surface area contributed by atoms with E-state index in [1.165, 1.54) is 22.9 Å². The molecule has 2 amide bonds. The van der Waals surface area contributed by atoms with Crippen molar-refractivity contribution < 1.29 is 32.6 Å². The minimum absolute atomic E-state index is 0.0675.